The second-order valence-electron chi connectivity index (χ2n) is 4.71. The highest BCUT2D eigenvalue weighted by Crippen LogP contribution is 2.32. The van der Waals surface area contributed by atoms with Crippen molar-refractivity contribution < 1.29 is 14.6 Å². The molecule has 1 aliphatic carbocycles. The first-order valence-corrected chi connectivity index (χ1v) is 6.11. The molecular formula is C14H18O3. The maximum absolute atomic E-state index is 10.8. The van der Waals surface area contributed by atoms with Gasteiger partial charge >= 0.3 is 5.97 Å². The molecule has 3 nitrogen and oxygen atoms in total. The lowest BCUT2D eigenvalue weighted by atomic mass is 10.0. The predicted octanol–water partition coefficient (Wildman–Crippen LogP) is 3.02. The van der Waals surface area contributed by atoms with Gasteiger partial charge in [0.2, 0.25) is 0 Å². The molecule has 3 heteroatoms. The fourth-order valence-electron chi connectivity index (χ4n) is 2.47. The van der Waals surface area contributed by atoms with Gasteiger partial charge in [0.15, 0.2) is 0 Å². The molecule has 2 unspecified atom stereocenters. The molecule has 0 saturated heterocycles. The molecule has 0 spiro atoms. The quantitative estimate of drug-likeness (QED) is 0.871. The van der Waals surface area contributed by atoms with Crippen molar-refractivity contribution in [2.45, 2.75) is 38.7 Å². The molecule has 1 N–H and O–H groups in total. The van der Waals surface area contributed by atoms with Crippen LogP contribution in [-0.4, -0.2) is 17.2 Å². The molecule has 1 fully saturated rings. The first kappa shape index (κ1) is 12.0. The molecule has 1 aromatic rings. The van der Waals surface area contributed by atoms with Crippen LogP contribution in [0.4, 0.5) is 0 Å². The Morgan fingerprint density at radius 3 is 2.88 bits per heavy atom. The van der Waals surface area contributed by atoms with Crippen LogP contribution >= 0.6 is 0 Å². The van der Waals surface area contributed by atoms with Crippen molar-refractivity contribution in [1.82, 2.24) is 0 Å². The number of rotatable bonds is 4. The molecule has 1 aliphatic rings. The van der Waals surface area contributed by atoms with Gasteiger partial charge in [0.05, 0.1) is 6.42 Å². The monoisotopic (exact) mass is 234 g/mol. The lowest BCUT2D eigenvalue weighted by molar-refractivity contribution is -0.138. The van der Waals surface area contributed by atoms with Crippen molar-refractivity contribution in [3.8, 4) is 5.75 Å². The lowest BCUT2D eigenvalue weighted by Gasteiger charge is -2.21. The maximum Gasteiger partial charge on any atom is 0.303 e. The summed E-state index contributed by atoms with van der Waals surface area (Å²) in [5.74, 6) is 0.317. The summed E-state index contributed by atoms with van der Waals surface area (Å²) in [6, 6.07) is 7.89. The Hall–Kier alpha value is -1.51. The summed E-state index contributed by atoms with van der Waals surface area (Å²) in [7, 11) is 0. The summed E-state index contributed by atoms with van der Waals surface area (Å²) in [6.45, 7) is 2.01. The summed E-state index contributed by atoms with van der Waals surface area (Å²) in [6.07, 6.45) is 3.27. The van der Waals surface area contributed by atoms with Gasteiger partial charge in [0.25, 0.3) is 0 Å². The number of hydrogen-bond acceptors (Lipinski definition) is 2. The van der Waals surface area contributed by atoms with Crippen LogP contribution in [0.5, 0.6) is 5.75 Å². The van der Waals surface area contributed by atoms with Crippen molar-refractivity contribution in [3.05, 3.63) is 29.8 Å². The van der Waals surface area contributed by atoms with E-state index in [0.29, 0.717) is 0 Å². The summed E-state index contributed by atoms with van der Waals surface area (Å²) < 4.78 is 5.96. The average Bonchev–Trinajstić information content (AvgIpc) is 2.68. The third kappa shape index (κ3) is 2.99. The Morgan fingerprint density at radius 1 is 1.41 bits per heavy atom. The second-order valence-corrected chi connectivity index (χ2v) is 4.71. The first-order chi connectivity index (χ1) is 8.16. The minimum absolute atomic E-state index is 0.0622. The number of carbonyl (C=O) groups is 1. The maximum atomic E-state index is 10.8. The van der Waals surface area contributed by atoms with Crippen molar-refractivity contribution in [1.29, 1.82) is 0 Å². The molecule has 2 rings (SSSR count). The molecule has 0 radical (unpaired) electrons. The van der Waals surface area contributed by atoms with E-state index in [4.69, 9.17) is 9.84 Å². The third-order valence-electron chi connectivity index (χ3n) is 3.40. The van der Waals surface area contributed by atoms with Gasteiger partial charge in [-0.15, -0.1) is 0 Å². The van der Waals surface area contributed by atoms with Gasteiger partial charge in [-0.1, -0.05) is 18.2 Å². The number of benzene rings is 1. The highest BCUT2D eigenvalue weighted by Gasteiger charge is 2.30. The standard InChI is InChI=1S/C14H18O3/c1-10-5-2-3-7-12(10)17-13-8-4-6-11(13)9-14(15)16/h2-3,5,7,11,13H,4,6,8-9H2,1H3,(H,15,16). The van der Waals surface area contributed by atoms with E-state index in [9.17, 15) is 4.79 Å². The molecule has 0 aliphatic heterocycles. The Morgan fingerprint density at radius 2 is 2.18 bits per heavy atom. The fraction of sp³-hybridized carbons (Fsp3) is 0.500. The molecule has 0 aromatic heterocycles. The SMILES string of the molecule is Cc1ccccc1OC1CCCC1CC(=O)O. The molecule has 0 heterocycles. The summed E-state index contributed by atoms with van der Waals surface area (Å²) in [5.41, 5.74) is 1.11. The number of ether oxygens (including phenoxy) is 1. The van der Waals surface area contributed by atoms with E-state index in [2.05, 4.69) is 0 Å². The fourth-order valence-corrected chi connectivity index (χ4v) is 2.47. The molecule has 2 atom stereocenters. The first-order valence-electron chi connectivity index (χ1n) is 6.11. The zero-order valence-electron chi connectivity index (χ0n) is 10.1. The van der Waals surface area contributed by atoms with Crippen LogP contribution in [0.1, 0.15) is 31.2 Å². The van der Waals surface area contributed by atoms with E-state index < -0.39 is 5.97 Å². The smallest absolute Gasteiger partial charge is 0.303 e. The number of carboxylic acid groups (broad SMARTS) is 1. The van der Waals surface area contributed by atoms with Gasteiger partial charge in [-0.25, -0.2) is 0 Å². The number of aryl methyl sites for hydroxylation is 1. The van der Waals surface area contributed by atoms with E-state index in [-0.39, 0.29) is 18.4 Å². The van der Waals surface area contributed by atoms with Crippen LogP contribution in [0.2, 0.25) is 0 Å². The van der Waals surface area contributed by atoms with Crippen LogP contribution in [-0.2, 0) is 4.79 Å². The molecule has 0 amide bonds. The lowest BCUT2D eigenvalue weighted by Crippen LogP contribution is -2.24. The minimum Gasteiger partial charge on any atom is -0.490 e. The van der Waals surface area contributed by atoms with Gasteiger partial charge in [0, 0.05) is 5.92 Å². The minimum atomic E-state index is -0.727. The van der Waals surface area contributed by atoms with E-state index in [1.165, 1.54) is 0 Å². The largest absolute Gasteiger partial charge is 0.490 e. The number of hydrogen-bond donors (Lipinski definition) is 1. The molecule has 0 bridgehead atoms. The number of aliphatic carboxylic acids is 1. The number of carboxylic acids is 1. The van der Waals surface area contributed by atoms with Crippen LogP contribution in [0.25, 0.3) is 0 Å². The van der Waals surface area contributed by atoms with Crippen LogP contribution in [0.15, 0.2) is 24.3 Å². The Bertz CT molecular complexity index is 400. The zero-order chi connectivity index (χ0) is 12.3. The van der Waals surface area contributed by atoms with Gasteiger partial charge < -0.3 is 9.84 Å². The topological polar surface area (TPSA) is 46.5 Å². The summed E-state index contributed by atoms with van der Waals surface area (Å²) >= 11 is 0. The van der Waals surface area contributed by atoms with E-state index in [1.807, 2.05) is 31.2 Å². The highest BCUT2D eigenvalue weighted by molar-refractivity contribution is 5.67. The van der Waals surface area contributed by atoms with Gasteiger partial charge in [-0.3, -0.25) is 4.79 Å². The Balaban J connectivity index is 2.03. The van der Waals surface area contributed by atoms with E-state index in [1.54, 1.807) is 0 Å². The molecule has 17 heavy (non-hydrogen) atoms. The van der Waals surface area contributed by atoms with Gasteiger partial charge in [0.1, 0.15) is 11.9 Å². The molecule has 92 valence electrons. The van der Waals surface area contributed by atoms with Crippen molar-refractivity contribution in [2.24, 2.45) is 5.92 Å². The average molecular weight is 234 g/mol. The van der Waals surface area contributed by atoms with Crippen LogP contribution < -0.4 is 4.74 Å². The van der Waals surface area contributed by atoms with Gasteiger partial charge in [-0.05, 0) is 37.8 Å². The summed E-state index contributed by atoms with van der Waals surface area (Å²) in [4.78, 5) is 10.8. The van der Waals surface area contributed by atoms with Crippen LogP contribution in [0.3, 0.4) is 0 Å². The van der Waals surface area contributed by atoms with Crippen molar-refractivity contribution in [3.63, 3.8) is 0 Å². The normalized spacial score (nSPS) is 23.6. The van der Waals surface area contributed by atoms with Crippen molar-refractivity contribution >= 4 is 5.97 Å². The highest BCUT2D eigenvalue weighted by atomic mass is 16.5. The van der Waals surface area contributed by atoms with E-state index in [0.717, 1.165) is 30.6 Å². The zero-order valence-corrected chi connectivity index (χ0v) is 10.1. The Labute approximate surface area is 101 Å². The van der Waals surface area contributed by atoms with Crippen molar-refractivity contribution in [2.75, 3.05) is 0 Å². The number of para-hydroxylation sites is 1. The molecule has 1 saturated carbocycles. The molecule has 1 aromatic carbocycles. The second kappa shape index (κ2) is 5.21. The summed E-state index contributed by atoms with van der Waals surface area (Å²) in [5, 5.41) is 8.86. The Kier molecular flexibility index (Phi) is 3.67. The third-order valence-corrected chi connectivity index (χ3v) is 3.40. The van der Waals surface area contributed by atoms with Crippen LogP contribution in [0, 0.1) is 12.8 Å². The van der Waals surface area contributed by atoms with Gasteiger partial charge in [-0.2, -0.15) is 0 Å². The molecular weight excluding hydrogens is 216 g/mol. The van der Waals surface area contributed by atoms with E-state index >= 15 is 0 Å². The predicted molar refractivity (Wildman–Crippen MR) is 65.2 cm³/mol.